The van der Waals surface area contributed by atoms with E-state index in [2.05, 4.69) is 19.9 Å². The van der Waals surface area contributed by atoms with Gasteiger partial charge in [0.1, 0.15) is 11.4 Å². The van der Waals surface area contributed by atoms with E-state index in [-0.39, 0.29) is 5.60 Å². The summed E-state index contributed by atoms with van der Waals surface area (Å²) in [5.74, 6) is 0.128. The molecule has 0 unspecified atom stereocenters. The lowest BCUT2D eigenvalue weighted by Gasteiger charge is -2.27. The van der Waals surface area contributed by atoms with Gasteiger partial charge in [0.05, 0.1) is 5.41 Å². The minimum Gasteiger partial charge on any atom is -0.487 e. The van der Waals surface area contributed by atoms with Crippen LogP contribution in [0.3, 0.4) is 0 Å². The van der Waals surface area contributed by atoms with Crippen molar-refractivity contribution < 1.29 is 14.6 Å². The summed E-state index contributed by atoms with van der Waals surface area (Å²) in [6, 6.07) is 5.97. The first kappa shape index (κ1) is 12.5. The maximum atomic E-state index is 11.8. The second-order valence-corrected chi connectivity index (χ2v) is 6.43. The summed E-state index contributed by atoms with van der Waals surface area (Å²) in [6.07, 6.45) is 4.27. The molecule has 0 saturated heterocycles. The van der Waals surface area contributed by atoms with Gasteiger partial charge in [-0.1, -0.05) is 31.0 Å². The quantitative estimate of drug-likeness (QED) is 0.887. The predicted molar refractivity (Wildman–Crippen MR) is 72.6 cm³/mol. The Bertz CT molecular complexity index is 525. The van der Waals surface area contributed by atoms with Gasteiger partial charge in [-0.25, -0.2) is 0 Å². The lowest BCUT2D eigenvalue weighted by molar-refractivity contribution is -0.143. The zero-order valence-corrected chi connectivity index (χ0v) is 11.5. The van der Waals surface area contributed by atoms with Crippen LogP contribution in [-0.2, 0) is 16.6 Å². The van der Waals surface area contributed by atoms with Gasteiger partial charge < -0.3 is 9.84 Å². The molecule has 1 aliphatic carbocycles. The molecule has 102 valence electrons. The fourth-order valence-electron chi connectivity index (χ4n) is 3.57. The van der Waals surface area contributed by atoms with Crippen molar-refractivity contribution in [3.63, 3.8) is 0 Å². The highest BCUT2D eigenvalue weighted by Crippen LogP contribution is 2.49. The molecule has 1 fully saturated rings. The van der Waals surface area contributed by atoms with Crippen LogP contribution in [0.5, 0.6) is 5.75 Å². The number of carbonyl (C=O) groups is 1. The molecule has 3 heteroatoms. The van der Waals surface area contributed by atoms with Crippen LogP contribution in [0.25, 0.3) is 0 Å². The molecule has 1 N–H and O–H groups in total. The van der Waals surface area contributed by atoms with E-state index < -0.39 is 11.4 Å². The van der Waals surface area contributed by atoms with Crippen molar-refractivity contribution in [2.75, 3.05) is 0 Å². The van der Waals surface area contributed by atoms with Crippen LogP contribution in [-0.4, -0.2) is 16.7 Å². The van der Waals surface area contributed by atoms with Crippen molar-refractivity contribution >= 4 is 5.97 Å². The fraction of sp³-hybridized carbons (Fsp3) is 0.562. The Kier molecular flexibility index (Phi) is 2.63. The zero-order valence-electron chi connectivity index (χ0n) is 11.5. The summed E-state index contributed by atoms with van der Waals surface area (Å²) >= 11 is 0. The first-order valence-electron chi connectivity index (χ1n) is 6.99. The van der Waals surface area contributed by atoms with Crippen LogP contribution >= 0.6 is 0 Å². The third kappa shape index (κ3) is 1.83. The van der Waals surface area contributed by atoms with Crippen molar-refractivity contribution in [1.82, 2.24) is 0 Å². The number of carboxylic acid groups (broad SMARTS) is 1. The molecular formula is C16H20O3. The molecule has 1 aromatic carbocycles. The Morgan fingerprint density at radius 3 is 2.58 bits per heavy atom. The van der Waals surface area contributed by atoms with Gasteiger partial charge in [0.2, 0.25) is 0 Å². The largest absolute Gasteiger partial charge is 0.487 e. The first-order valence-corrected chi connectivity index (χ1v) is 6.99. The SMILES string of the molecule is CC1(C)Cc2cccc(C3(C(=O)O)CCCC3)c2O1. The van der Waals surface area contributed by atoms with Crippen molar-refractivity contribution in [2.24, 2.45) is 0 Å². The molecule has 3 nitrogen and oxygen atoms in total. The molecule has 1 aromatic rings. The number of hydrogen-bond acceptors (Lipinski definition) is 2. The van der Waals surface area contributed by atoms with E-state index >= 15 is 0 Å². The van der Waals surface area contributed by atoms with E-state index in [0.717, 1.165) is 49.0 Å². The molecule has 0 amide bonds. The third-order valence-corrected chi connectivity index (χ3v) is 4.47. The van der Waals surface area contributed by atoms with Gasteiger partial charge >= 0.3 is 5.97 Å². The van der Waals surface area contributed by atoms with E-state index in [9.17, 15) is 9.90 Å². The number of ether oxygens (including phenoxy) is 1. The fourth-order valence-corrected chi connectivity index (χ4v) is 3.57. The molecule has 1 saturated carbocycles. The van der Waals surface area contributed by atoms with E-state index in [1.807, 2.05) is 12.1 Å². The van der Waals surface area contributed by atoms with Crippen LogP contribution < -0.4 is 4.74 Å². The second-order valence-electron chi connectivity index (χ2n) is 6.43. The van der Waals surface area contributed by atoms with Gasteiger partial charge in [0.25, 0.3) is 0 Å². The normalized spacial score (nSPS) is 22.8. The second kappa shape index (κ2) is 3.99. The summed E-state index contributed by atoms with van der Waals surface area (Å²) in [5.41, 5.74) is 1.08. The van der Waals surface area contributed by atoms with Crippen LogP contribution in [0.15, 0.2) is 18.2 Å². The number of rotatable bonds is 2. The number of aliphatic carboxylic acids is 1. The van der Waals surface area contributed by atoms with Crippen LogP contribution in [0.2, 0.25) is 0 Å². The third-order valence-electron chi connectivity index (χ3n) is 4.47. The highest BCUT2D eigenvalue weighted by Gasteiger charge is 2.47. The molecule has 19 heavy (non-hydrogen) atoms. The number of fused-ring (bicyclic) bond motifs is 1. The maximum Gasteiger partial charge on any atom is 0.314 e. The van der Waals surface area contributed by atoms with Crippen molar-refractivity contribution in [3.05, 3.63) is 29.3 Å². The molecular weight excluding hydrogens is 240 g/mol. The summed E-state index contributed by atoms with van der Waals surface area (Å²) < 4.78 is 6.05. The Morgan fingerprint density at radius 2 is 1.95 bits per heavy atom. The van der Waals surface area contributed by atoms with Crippen LogP contribution in [0, 0.1) is 0 Å². The molecule has 1 aliphatic heterocycles. The maximum absolute atomic E-state index is 11.8. The predicted octanol–water partition coefficient (Wildman–Crippen LogP) is 3.30. The lowest BCUT2D eigenvalue weighted by atomic mass is 9.78. The molecule has 0 atom stereocenters. The minimum atomic E-state index is -0.730. The van der Waals surface area contributed by atoms with Gasteiger partial charge in [0, 0.05) is 12.0 Å². The monoisotopic (exact) mass is 260 g/mol. The topological polar surface area (TPSA) is 46.5 Å². The van der Waals surface area contributed by atoms with Crippen LogP contribution in [0.4, 0.5) is 0 Å². The summed E-state index contributed by atoms with van der Waals surface area (Å²) in [5, 5.41) is 9.72. The van der Waals surface area contributed by atoms with Gasteiger partial charge in [0.15, 0.2) is 0 Å². The Hall–Kier alpha value is -1.51. The Labute approximate surface area is 113 Å². The van der Waals surface area contributed by atoms with Crippen molar-refractivity contribution in [2.45, 2.75) is 57.0 Å². The van der Waals surface area contributed by atoms with Crippen LogP contribution in [0.1, 0.15) is 50.7 Å². The number of benzene rings is 1. The number of hydrogen-bond donors (Lipinski definition) is 1. The standard InChI is InChI=1S/C16H20O3/c1-15(2)10-11-6-5-7-12(13(11)19-15)16(14(17)18)8-3-4-9-16/h5-7H,3-4,8-10H2,1-2H3,(H,17,18). The van der Waals surface area contributed by atoms with Gasteiger partial charge in [-0.05, 0) is 32.3 Å². The Morgan fingerprint density at radius 1 is 1.26 bits per heavy atom. The zero-order chi connectivity index (χ0) is 13.7. The molecule has 2 aliphatic rings. The van der Waals surface area contributed by atoms with Crippen molar-refractivity contribution in [1.29, 1.82) is 0 Å². The van der Waals surface area contributed by atoms with E-state index in [4.69, 9.17) is 4.74 Å². The summed E-state index contributed by atoms with van der Waals surface area (Å²) in [7, 11) is 0. The number of para-hydroxylation sites is 1. The van der Waals surface area contributed by atoms with E-state index in [1.54, 1.807) is 0 Å². The Balaban J connectivity index is 2.13. The smallest absolute Gasteiger partial charge is 0.314 e. The highest BCUT2D eigenvalue weighted by atomic mass is 16.5. The number of carboxylic acids is 1. The van der Waals surface area contributed by atoms with E-state index in [0.29, 0.717) is 0 Å². The molecule has 0 aromatic heterocycles. The first-order chi connectivity index (χ1) is 8.95. The molecule has 0 spiro atoms. The molecule has 0 radical (unpaired) electrons. The van der Waals surface area contributed by atoms with Gasteiger partial charge in [-0.15, -0.1) is 0 Å². The van der Waals surface area contributed by atoms with E-state index in [1.165, 1.54) is 0 Å². The minimum absolute atomic E-state index is 0.225. The average Bonchev–Trinajstić information content (AvgIpc) is 2.90. The van der Waals surface area contributed by atoms with Gasteiger partial charge in [-0.2, -0.15) is 0 Å². The van der Waals surface area contributed by atoms with Gasteiger partial charge in [-0.3, -0.25) is 4.79 Å². The summed E-state index contributed by atoms with van der Waals surface area (Å²) in [6.45, 7) is 4.11. The van der Waals surface area contributed by atoms with Crippen molar-refractivity contribution in [3.8, 4) is 5.75 Å². The molecule has 1 heterocycles. The highest BCUT2D eigenvalue weighted by molar-refractivity contribution is 5.83. The average molecular weight is 260 g/mol. The lowest BCUT2D eigenvalue weighted by Crippen LogP contribution is -2.33. The molecule has 3 rings (SSSR count). The summed E-state index contributed by atoms with van der Waals surface area (Å²) in [4.78, 5) is 11.8. The molecule has 0 bridgehead atoms.